The van der Waals surface area contributed by atoms with Crippen LogP contribution >= 0.6 is 23.2 Å². The van der Waals surface area contributed by atoms with E-state index in [1.54, 1.807) is 18.2 Å². The average molecular weight is 274 g/mol. The highest BCUT2D eigenvalue weighted by Gasteiger charge is 2.34. The molecular formula is C12H7Cl2F2N. The van der Waals surface area contributed by atoms with Gasteiger partial charge in [0.05, 0.1) is 0 Å². The minimum absolute atomic E-state index is 0.0527. The van der Waals surface area contributed by atoms with Crippen LogP contribution in [0.25, 0.3) is 0 Å². The number of nitrogens with zero attached hydrogens (tertiary/aromatic N) is 1. The molecule has 0 aliphatic rings. The van der Waals surface area contributed by atoms with E-state index in [1.165, 1.54) is 12.1 Å². The van der Waals surface area contributed by atoms with Crippen LogP contribution in [0.5, 0.6) is 0 Å². The molecule has 0 radical (unpaired) electrons. The Bertz CT molecular complexity index is 509. The molecule has 5 heteroatoms. The first kappa shape index (κ1) is 12.3. The maximum atomic E-state index is 14.1. The van der Waals surface area contributed by atoms with E-state index in [0.29, 0.717) is 0 Å². The first-order chi connectivity index (χ1) is 8.00. The summed E-state index contributed by atoms with van der Waals surface area (Å²) >= 11 is 11.2. The van der Waals surface area contributed by atoms with E-state index in [4.69, 9.17) is 23.2 Å². The molecule has 1 heterocycles. The molecule has 0 saturated heterocycles. The fraction of sp³-hybridized carbons (Fsp3) is 0.0833. The molecule has 2 aromatic rings. The van der Waals surface area contributed by atoms with Gasteiger partial charge in [-0.1, -0.05) is 53.5 Å². The summed E-state index contributed by atoms with van der Waals surface area (Å²) in [4.78, 5) is 3.64. The normalized spacial score (nSPS) is 11.5. The number of hydrogen-bond acceptors (Lipinski definition) is 1. The van der Waals surface area contributed by atoms with Crippen molar-refractivity contribution < 1.29 is 8.78 Å². The Morgan fingerprint density at radius 1 is 0.882 bits per heavy atom. The number of aromatic nitrogens is 1. The van der Waals surface area contributed by atoms with Gasteiger partial charge in [0, 0.05) is 11.1 Å². The lowest BCUT2D eigenvalue weighted by atomic mass is 10.0. The molecule has 1 aromatic carbocycles. The molecule has 0 amide bonds. The van der Waals surface area contributed by atoms with Crippen LogP contribution in [0.4, 0.5) is 8.78 Å². The van der Waals surface area contributed by atoms with Crippen LogP contribution in [0.15, 0.2) is 42.5 Å². The first-order valence-electron chi connectivity index (χ1n) is 4.77. The van der Waals surface area contributed by atoms with E-state index in [-0.39, 0.29) is 21.4 Å². The third kappa shape index (κ3) is 2.56. The van der Waals surface area contributed by atoms with Crippen molar-refractivity contribution in [3.63, 3.8) is 0 Å². The molecule has 0 bridgehead atoms. The van der Waals surface area contributed by atoms with Gasteiger partial charge in [0.25, 0.3) is 5.92 Å². The lowest BCUT2D eigenvalue weighted by Gasteiger charge is -2.17. The van der Waals surface area contributed by atoms with Crippen molar-refractivity contribution in [1.29, 1.82) is 0 Å². The number of halogens is 4. The highest BCUT2D eigenvalue weighted by atomic mass is 35.5. The summed E-state index contributed by atoms with van der Waals surface area (Å²) in [5.74, 6) is -3.14. The molecule has 0 unspecified atom stereocenters. The maximum absolute atomic E-state index is 14.1. The smallest absolute Gasteiger partial charge is 0.224 e. The number of benzene rings is 1. The third-order valence-electron chi connectivity index (χ3n) is 2.26. The molecular weight excluding hydrogens is 267 g/mol. The predicted octanol–water partition coefficient (Wildman–Crippen LogP) is 4.53. The molecule has 0 N–H and O–H groups in total. The van der Waals surface area contributed by atoms with Crippen LogP contribution in [0.2, 0.25) is 10.3 Å². The Hall–Kier alpha value is -1.19. The topological polar surface area (TPSA) is 12.9 Å². The van der Waals surface area contributed by atoms with Crippen LogP contribution in [0.3, 0.4) is 0 Å². The fourth-order valence-corrected chi connectivity index (χ4v) is 1.92. The minimum atomic E-state index is -3.14. The van der Waals surface area contributed by atoms with Gasteiger partial charge in [-0.2, -0.15) is 8.78 Å². The SMILES string of the molecule is FC(F)(c1ccccc1)c1cc(Cl)nc(Cl)c1. The molecule has 88 valence electrons. The minimum Gasteiger partial charge on any atom is -0.224 e. The first-order valence-corrected chi connectivity index (χ1v) is 5.52. The number of hydrogen-bond donors (Lipinski definition) is 0. The molecule has 1 nitrogen and oxygen atoms in total. The van der Waals surface area contributed by atoms with Gasteiger partial charge >= 0.3 is 0 Å². The highest BCUT2D eigenvalue weighted by molar-refractivity contribution is 6.32. The summed E-state index contributed by atoms with van der Waals surface area (Å²) in [7, 11) is 0. The van der Waals surface area contributed by atoms with Gasteiger partial charge in [0.2, 0.25) is 0 Å². The molecule has 0 spiro atoms. The Kier molecular flexibility index (Phi) is 3.31. The van der Waals surface area contributed by atoms with Crippen molar-refractivity contribution in [2.45, 2.75) is 5.92 Å². The van der Waals surface area contributed by atoms with Crippen molar-refractivity contribution >= 4 is 23.2 Å². The lowest BCUT2D eigenvalue weighted by molar-refractivity contribution is 0.0427. The van der Waals surface area contributed by atoms with Crippen LogP contribution in [-0.4, -0.2) is 4.98 Å². The van der Waals surface area contributed by atoms with Crippen molar-refractivity contribution in [1.82, 2.24) is 4.98 Å². The molecule has 1 aromatic heterocycles. The summed E-state index contributed by atoms with van der Waals surface area (Å²) in [5, 5.41) is -0.105. The molecule has 0 aliphatic heterocycles. The molecule has 0 fully saturated rings. The zero-order valence-corrected chi connectivity index (χ0v) is 10.0. The Morgan fingerprint density at radius 3 is 1.94 bits per heavy atom. The number of alkyl halides is 2. The summed E-state index contributed by atoms with van der Waals surface area (Å²) in [5.41, 5.74) is -0.382. The van der Waals surface area contributed by atoms with Gasteiger partial charge in [0.1, 0.15) is 10.3 Å². The van der Waals surface area contributed by atoms with Crippen molar-refractivity contribution in [3.8, 4) is 0 Å². The van der Waals surface area contributed by atoms with E-state index in [1.807, 2.05) is 0 Å². The standard InChI is InChI=1S/C12H7Cl2F2N/c13-10-6-9(7-11(14)17-10)12(15,16)8-4-2-1-3-5-8/h1-7H. The van der Waals surface area contributed by atoms with Crippen molar-refractivity contribution in [2.24, 2.45) is 0 Å². The summed E-state index contributed by atoms with van der Waals surface area (Å²) in [6.45, 7) is 0. The van der Waals surface area contributed by atoms with Gasteiger partial charge in [0.15, 0.2) is 0 Å². The largest absolute Gasteiger partial charge is 0.298 e. The summed E-state index contributed by atoms with van der Waals surface area (Å²) in [6, 6.07) is 9.69. The van der Waals surface area contributed by atoms with E-state index < -0.39 is 5.92 Å². The third-order valence-corrected chi connectivity index (χ3v) is 2.65. The zero-order valence-electron chi connectivity index (χ0n) is 8.50. The van der Waals surface area contributed by atoms with Crippen LogP contribution in [-0.2, 0) is 5.92 Å². The van der Waals surface area contributed by atoms with Crippen molar-refractivity contribution in [3.05, 3.63) is 63.9 Å². The number of rotatable bonds is 2. The molecule has 17 heavy (non-hydrogen) atoms. The molecule has 2 rings (SSSR count). The quantitative estimate of drug-likeness (QED) is 0.733. The Morgan fingerprint density at radius 2 is 1.41 bits per heavy atom. The van der Waals surface area contributed by atoms with Gasteiger partial charge in [-0.25, -0.2) is 4.98 Å². The Labute approximate surface area is 107 Å². The predicted molar refractivity (Wildman–Crippen MR) is 63.7 cm³/mol. The summed E-state index contributed by atoms with van der Waals surface area (Å²) in [6.07, 6.45) is 0. The lowest BCUT2D eigenvalue weighted by Crippen LogP contribution is -2.15. The van der Waals surface area contributed by atoms with Crippen LogP contribution in [0, 0.1) is 0 Å². The van der Waals surface area contributed by atoms with E-state index in [2.05, 4.69) is 4.98 Å². The molecule has 0 aliphatic carbocycles. The Balaban J connectivity index is 2.51. The van der Waals surface area contributed by atoms with E-state index in [9.17, 15) is 8.78 Å². The van der Waals surface area contributed by atoms with Crippen molar-refractivity contribution in [2.75, 3.05) is 0 Å². The van der Waals surface area contributed by atoms with Gasteiger partial charge in [-0.05, 0) is 12.1 Å². The fourth-order valence-electron chi connectivity index (χ4n) is 1.46. The van der Waals surface area contributed by atoms with Gasteiger partial charge in [-0.3, -0.25) is 0 Å². The van der Waals surface area contributed by atoms with Crippen LogP contribution in [0.1, 0.15) is 11.1 Å². The summed E-state index contributed by atoms with van der Waals surface area (Å²) < 4.78 is 28.2. The average Bonchev–Trinajstić information content (AvgIpc) is 2.29. The number of pyridine rings is 1. The monoisotopic (exact) mass is 273 g/mol. The zero-order chi connectivity index (χ0) is 12.5. The second-order valence-electron chi connectivity index (χ2n) is 3.44. The maximum Gasteiger partial charge on any atom is 0.298 e. The second-order valence-corrected chi connectivity index (χ2v) is 4.22. The molecule has 0 saturated carbocycles. The van der Waals surface area contributed by atoms with Gasteiger partial charge < -0.3 is 0 Å². The van der Waals surface area contributed by atoms with E-state index in [0.717, 1.165) is 12.1 Å². The highest BCUT2D eigenvalue weighted by Crippen LogP contribution is 2.36. The van der Waals surface area contributed by atoms with E-state index >= 15 is 0 Å². The van der Waals surface area contributed by atoms with Crippen LogP contribution < -0.4 is 0 Å². The second kappa shape index (κ2) is 4.59. The molecule has 0 atom stereocenters. The van der Waals surface area contributed by atoms with Gasteiger partial charge in [-0.15, -0.1) is 0 Å².